The van der Waals surface area contributed by atoms with Crippen molar-refractivity contribution in [1.82, 2.24) is 4.90 Å². The lowest BCUT2D eigenvalue weighted by atomic mass is 9.88. The number of hydrogen-bond donors (Lipinski definition) is 1. The number of carbonyl (C=O) groups is 1. The molecule has 0 spiro atoms. The fraction of sp³-hybridized carbons (Fsp3) is 0.583. The molecule has 1 aliphatic rings. The summed E-state index contributed by atoms with van der Waals surface area (Å²) in [5.74, 6) is -0.0609. The van der Waals surface area contributed by atoms with Crippen molar-refractivity contribution in [2.45, 2.75) is 45.3 Å². The molecule has 0 saturated carbocycles. The molecule has 1 N–H and O–H groups in total. The van der Waals surface area contributed by atoms with E-state index in [2.05, 4.69) is 6.58 Å². The van der Waals surface area contributed by atoms with Crippen LogP contribution in [0.4, 0.5) is 0 Å². The highest BCUT2D eigenvalue weighted by atomic mass is 16.3. The molecule has 0 unspecified atom stereocenters. The van der Waals surface area contributed by atoms with E-state index in [-0.39, 0.29) is 5.91 Å². The number of aliphatic hydroxyl groups is 1. The van der Waals surface area contributed by atoms with Crippen molar-refractivity contribution in [3.63, 3.8) is 0 Å². The predicted octanol–water partition coefficient (Wildman–Crippen LogP) is 1.84. The molecular formula is C12H19NO2. The third kappa shape index (κ3) is 2.69. The second-order valence-corrected chi connectivity index (χ2v) is 5.30. The fourth-order valence-electron chi connectivity index (χ4n) is 2.28. The number of hydrogen-bond acceptors (Lipinski definition) is 2. The van der Waals surface area contributed by atoms with Gasteiger partial charge in [0.2, 0.25) is 0 Å². The lowest BCUT2D eigenvalue weighted by molar-refractivity contribution is -0.128. The van der Waals surface area contributed by atoms with Gasteiger partial charge in [0.25, 0.3) is 5.91 Å². The van der Waals surface area contributed by atoms with Crippen molar-refractivity contribution in [3.8, 4) is 0 Å². The molecule has 1 aliphatic heterocycles. The lowest BCUT2D eigenvalue weighted by Crippen LogP contribution is -2.48. The smallest absolute Gasteiger partial charge is 0.251 e. The number of carbonyl (C=O) groups excluding carboxylic acids is 1. The summed E-state index contributed by atoms with van der Waals surface area (Å²) in [6.45, 7) is 11.2. The fourth-order valence-corrected chi connectivity index (χ4v) is 2.28. The van der Waals surface area contributed by atoms with Gasteiger partial charge in [0.05, 0.1) is 5.60 Å². The third-order valence-corrected chi connectivity index (χ3v) is 2.40. The van der Waals surface area contributed by atoms with Gasteiger partial charge in [-0.05, 0) is 40.2 Å². The Morgan fingerprint density at radius 2 is 1.87 bits per heavy atom. The Hall–Kier alpha value is -1.09. The van der Waals surface area contributed by atoms with Gasteiger partial charge in [-0.2, -0.15) is 0 Å². The molecule has 1 heterocycles. The molecule has 84 valence electrons. The summed E-state index contributed by atoms with van der Waals surface area (Å²) in [5.41, 5.74) is -0.531. The molecule has 3 nitrogen and oxygen atoms in total. The van der Waals surface area contributed by atoms with E-state index in [0.29, 0.717) is 12.1 Å². The van der Waals surface area contributed by atoms with E-state index >= 15 is 0 Å². The van der Waals surface area contributed by atoms with E-state index in [1.807, 2.05) is 13.8 Å². The molecule has 0 aromatic carbocycles. The Bertz CT molecular complexity index is 303. The topological polar surface area (TPSA) is 40.5 Å². The molecule has 0 radical (unpaired) electrons. The first-order valence-corrected chi connectivity index (χ1v) is 5.07. The molecule has 0 aromatic heterocycles. The van der Waals surface area contributed by atoms with Crippen LogP contribution in [0.15, 0.2) is 24.4 Å². The van der Waals surface area contributed by atoms with Crippen LogP contribution in [0, 0.1) is 0 Å². The first-order chi connectivity index (χ1) is 6.63. The highest BCUT2D eigenvalue weighted by Crippen LogP contribution is 2.31. The minimum Gasteiger partial charge on any atom is -0.390 e. The maximum absolute atomic E-state index is 11.6. The summed E-state index contributed by atoms with van der Waals surface area (Å²) in [6, 6.07) is 0. The average molecular weight is 209 g/mol. The Balaban J connectivity index is 2.87. The van der Waals surface area contributed by atoms with Crippen molar-refractivity contribution in [2.24, 2.45) is 0 Å². The van der Waals surface area contributed by atoms with Gasteiger partial charge in [0, 0.05) is 17.3 Å². The molecule has 0 atom stereocenters. The Morgan fingerprint density at radius 1 is 1.33 bits per heavy atom. The molecule has 3 heteroatoms. The van der Waals surface area contributed by atoms with Crippen LogP contribution in [0.2, 0.25) is 0 Å². The second-order valence-electron chi connectivity index (χ2n) is 5.30. The summed E-state index contributed by atoms with van der Waals surface area (Å²) in [5, 5.41) is 9.80. The quantitative estimate of drug-likeness (QED) is 0.770. The molecule has 0 aliphatic carbocycles. The van der Waals surface area contributed by atoms with Crippen LogP contribution in [-0.2, 0) is 4.79 Å². The van der Waals surface area contributed by atoms with E-state index in [9.17, 15) is 9.90 Å². The maximum atomic E-state index is 11.6. The number of rotatable bonds is 3. The summed E-state index contributed by atoms with van der Waals surface area (Å²) >= 11 is 0. The van der Waals surface area contributed by atoms with Crippen molar-refractivity contribution in [3.05, 3.63) is 24.4 Å². The molecule has 1 rings (SSSR count). The van der Waals surface area contributed by atoms with Gasteiger partial charge in [-0.25, -0.2) is 0 Å². The normalized spacial score (nSPS) is 17.8. The second kappa shape index (κ2) is 3.49. The monoisotopic (exact) mass is 209 g/mol. The van der Waals surface area contributed by atoms with Gasteiger partial charge in [-0.15, -0.1) is 0 Å². The zero-order valence-electron chi connectivity index (χ0n) is 9.87. The van der Waals surface area contributed by atoms with Gasteiger partial charge in [-0.3, -0.25) is 4.79 Å². The third-order valence-electron chi connectivity index (χ3n) is 2.40. The number of allylic oxidation sites excluding steroid dienone is 1. The van der Waals surface area contributed by atoms with Gasteiger partial charge in [0.15, 0.2) is 0 Å². The maximum Gasteiger partial charge on any atom is 0.251 e. The summed E-state index contributed by atoms with van der Waals surface area (Å²) < 4.78 is 0. The SMILES string of the molecule is C=C1C=CC(=O)N1C(C)(C)CC(C)(C)O. The summed E-state index contributed by atoms with van der Waals surface area (Å²) in [4.78, 5) is 13.2. The van der Waals surface area contributed by atoms with Gasteiger partial charge < -0.3 is 10.0 Å². The first kappa shape index (κ1) is 12.0. The molecule has 1 amide bonds. The summed E-state index contributed by atoms with van der Waals surface area (Å²) in [7, 11) is 0. The van der Waals surface area contributed by atoms with Crippen LogP contribution >= 0.6 is 0 Å². The van der Waals surface area contributed by atoms with Gasteiger partial charge >= 0.3 is 0 Å². The van der Waals surface area contributed by atoms with Crippen molar-refractivity contribution < 1.29 is 9.90 Å². The standard InChI is InChI=1S/C12H19NO2/c1-9-6-7-10(14)13(9)11(2,3)8-12(4,5)15/h6-7,15H,1,8H2,2-5H3. The van der Waals surface area contributed by atoms with E-state index in [1.54, 1.807) is 24.8 Å². The van der Waals surface area contributed by atoms with Crippen LogP contribution in [0.1, 0.15) is 34.1 Å². The summed E-state index contributed by atoms with van der Waals surface area (Å²) in [6.07, 6.45) is 3.72. The van der Waals surface area contributed by atoms with Gasteiger partial charge in [0.1, 0.15) is 0 Å². The molecule has 0 saturated heterocycles. The van der Waals surface area contributed by atoms with Crippen LogP contribution < -0.4 is 0 Å². The van der Waals surface area contributed by atoms with Crippen LogP contribution in [0.3, 0.4) is 0 Å². The molecular weight excluding hydrogens is 190 g/mol. The molecule has 0 fully saturated rings. The molecule has 15 heavy (non-hydrogen) atoms. The number of amides is 1. The zero-order valence-corrected chi connectivity index (χ0v) is 9.87. The molecule has 0 aromatic rings. The Labute approximate surface area is 91.1 Å². The van der Waals surface area contributed by atoms with E-state index < -0.39 is 11.1 Å². The van der Waals surface area contributed by atoms with E-state index in [1.165, 1.54) is 6.08 Å². The van der Waals surface area contributed by atoms with Crippen LogP contribution in [-0.4, -0.2) is 27.1 Å². The zero-order chi connectivity index (χ0) is 11.9. The minimum absolute atomic E-state index is 0.0609. The van der Waals surface area contributed by atoms with Crippen LogP contribution in [0.5, 0.6) is 0 Å². The largest absolute Gasteiger partial charge is 0.390 e. The van der Waals surface area contributed by atoms with Crippen molar-refractivity contribution in [1.29, 1.82) is 0 Å². The minimum atomic E-state index is -0.799. The highest BCUT2D eigenvalue weighted by molar-refractivity contribution is 5.93. The predicted molar refractivity (Wildman–Crippen MR) is 60.1 cm³/mol. The van der Waals surface area contributed by atoms with Crippen molar-refractivity contribution >= 4 is 5.91 Å². The first-order valence-electron chi connectivity index (χ1n) is 5.07. The highest BCUT2D eigenvalue weighted by Gasteiger charge is 2.37. The molecule has 0 bridgehead atoms. The lowest BCUT2D eigenvalue weighted by Gasteiger charge is -2.39. The van der Waals surface area contributed by atoms with Gasteiger partial charge in [-0.1, -0.05) is 6.58 Å². The Morgan fingerprint density at radius 3 is 2.20 bits per heavy atom. The average Bonchev–Trinajstić information content (AvgIpc) is 2.25. The van der Waals surface area contributed by atoms with Crippen LogP contribution in [0.25, 0.3) is 0 Å². The van der Waals surface area contributed by atoms with E-state index in [4.69, 9.17) is 0 Å². The van der Waals surface area contributed by atoms with E-state index in [0.717, 1.165) is 0 Å². The number of nitrogens with zero attached hydrogens (tertiary/aromatic N) is 1. The Kier molecular flexibility index (Phi) is 2.79. The van der Waals surface area contributed by atoms with Crippen molar-refractivity contribution in [2.75, 3.05) is 0 Å².